The maximum absolute atomic E-state index is 11.1. The van der Waals surface area contributed by atoms with E-state index >= 15 is 0 Å². The number of carbonyl (C=O) groups is 1. The lowest BCUT2D eigenvalue weighted by Crippen LogP contribution is -2.03. The number of hydrogen-bond acceptors (Lipinski definition) is 4. The quantitative estimate of drug-likeness (QED) is 0.444. The van der Waals surface area contributed by atoms with Gasteiger partial charge in [0.2, 0.25) is 0 Å². The van der Waals surface area contributed by atoms with Gasteiger partial charge in [-0.1, -0.05) is 0 Å². The third-order valence-electron chi connectivity index (χ3n) is 1.64. The van der Waals surface area contributed by atoms with E-state index in [2.05, 4.69) is 9.72 Å². The summed E-state index contributed by atoms with van der Waals surface area (Å²) >= 11 is 1.02. The van der Waals surface area contributed by atoms with Crippen molar-refractivity contribution in [2.24, 2.45) is 0 Å². The zero-order valence-electron chi connectivity index (χ0n) is 7.25. The van der Waals surface area contributed by atoms with Crippen LogP contribution in [0, 0.1) is 17.6 Å². The van der Waals surface area contributed by atoms with Crippen molar-refractivity contribution in [3.05, 3.63) is 17.5 Å². The van der Waals surface area contributed by atoms with Crippen LogP contribution in [0.25, 0.3) is 0 Å². The fourth-order valence-electron chi connectivity index (χ4n) is 0.947. The van der Waals surface area contributed by atoms with E-state index in [-0.39, 0.29) is 0 Å². The molecule has 0 amide bonds. The Hall–Kier alpha value is -1.41. The van der Waals surface area contributed by atoms with E-state index in [0.717, 1.165) is 22.2 Å². The molecule has 13 heavy (non-hydrogen) atoms. The van der Waals surface area contributed by atoms with Gasteiger partial charge in [-0.3, -0.25) is 0 Å². The van der Waals surface area contributed by atoms with Crippen molar-refractivity contribution in [3.8, 4) is 5.40 Å². The average molecular weight is 196 g/mol. The maximum atomic E-state index is 11.1. The third kappa shape index (κ3) is 1.84. The lowest BCUT2D eigenvalue weighted by Gasteiger charge is -1.96. The molecule has 0 aliphatic carbocycles. The molecule has 0 unspecified atom stereocenters. The average Bonchev–Trinajstić information content (AvgIpc) is 2.48. The molecule has 0 spiro atoms. The van der Waals surface area contributed by atoms with Gasteiger partial charge < -0.3 is 9.72 Å². The Kier molecular flexibility index (Phi) is 2.98. The predicted molar refractivity (Wildman–Crippen MR) is 48.3 cm³/mol. The molecular formula is C8H8N2O2S. The highest BCUT2D eigenvalue weighted by molar-refractivity contribution is 8.03. The molecule has 1 aromatic heterocycles. The Morgan fingerprint density at radius 2 is 2.46 bits per heavy atom. The standard InChI is InChI=1S/C8H8N2O2S/c1-5-6(13-4-9)3-10-7(5)8(11)12-2/h3,10H,1-2H3. The number of aromatic nitrogens is 1. The van der Waals surface area contributed by atoms with Gasteiger partial charge in [0.1, 0.15) is 11.1 Å². The summed E-state index contributed by atoms with van der Waals surface area (Å²) in [5.74, 6) is -0.415. The van der Waals surface area contributed by atoms with Crippen LogP contribution in [-0.4, -0.2) is 18.1 Å². The third-order valence-corrected chi connectivity index (χ3v) is 2.37. The smallest absolute Gasteiger partial charge is 0.354 e. The molecule has 1 N–H and O–H groups in total. The molecule has 0 saturated heterocycles. The van der Waals surface area contributed by atoms with E-state index < -0.39 is 5.97 Å². The minimum Gasteiger partial charge on any atom is -0.464 e. The summed E-state index contributed by atoms with van der Waals surface area (Å²) in [6, 6.07) is 0. The first-order chi connectivity index (χ1) is 6.20. The van der Waals surface area contributed by atoms with Crippen LogP contribution < -0.4 is 0 Å². The molecule has 68 valence electrons. The monoisotopic (exact) mass is 196 g/mol. The van der Waals surface area contributed by atoms with Crippen LogP contribution in [0.3, 0.4) is 0 Å². The van der Waals surface area contributed by atoms with Crippen LogP contribution >= 0.6 is 11.8 Å². The number of nitrogens with zero attached hydrogens (tertiary/aromatic N) is 1. The van der Waals surface area contributed by atoms with E-state index in [0.29, 0.717) is 5.69 Å². The molecule has 5 heteroatoms. The van der Waals surface area contributed by atoms with Crippen LogP contribution in [0.1, 0.15) is 16.1 Å². The number of rotatable bonds is 2. The SMILES string of the molecule is COC(=O)c1[nH]cc(SC#N)c1C. The summed E-state index contributed by atoms with van der Waals surface area (Å²) in [5.41, 5.74) is 1.15. The number of hydrogen-bond donors (Lipinski definition) is 1. The Morgan fingerprint density at radius 3 is 3.00 bits per heavy atom. The van der Waals surface area contributed by atoms with Gasteiger partial charge in [-0.2, -0.15) is 5.26 Å². The van der Waals surface area contributed by atoms with Crippen molar-refractivity contribution in [2.75, 3.05) is 7.11 Å². The second-order valence-electron chi connectivity index (χ2n) is 2.34. The lowest BCUT2D eigenvalue weighted by molar-refractivity contribution is 0.0594. The van der Waals surface area contributed by atoms with Gasteiger partial charge in [0.15, 0.2) is 0 Å². The molecule has 1 heterocycles. The van der Waals surface area contributed by atoms with E-state index in [1.165, 1.54) is 7.11 Å². The number of carbonyl (C=O) groups excluding carboxylic acids is 1. The highest BCUT2D eigenvalue weighted by Gasteiger charge is 2.14. The molecule has 0 bridgehead atoms. The molecule has 0 saturated carbocycles. The summed E-state index contributed by atoms with van der Waals surface area (Å²) < 4.78 is 4.55. The molecule has 1 rings (SSSR count). The minimum atomic E-state index is -0.415. The number of nitriles is 1. The molecule has 0 aliphatic rings. The van der Waals surface area contributed by atoms with Crippen LogP contribution in [0.15, 0.2) is 11.1 Å². The number of esters is 1. The van der Waals surface area contributed by atoms with Gasteiger partial charge in [-0.25, -0.2) is 4.79 Å². The normalized spacial score (nSPS) is 9.31. The number of thioether (sulfide) groups is 1. The highest BCUT2D eigenvalue weighted by atomic mass is 32.2. The zero-order valence-corrected chi connectivity index (χ0v) is 8.07. The number of nitrogens with one attached hydrogen (secondary N) is 1. The highest BCUT2D eigenvalue weighted by Crippen LogP contribution is 2.23. The Balaban J connectivity index is 3.00. The summed E-state index contributed by atoms with van der Waals surface area (Å²) in [7, 11) is 1.32. The van der Waals surface area contributed by atoms with Crippen LogP contribution in [0.2, 0.25) is 0 Å². The Labute approximate surface area is 79.9 Å². The Bertz CT molecular complexity index is 365. The van der Waals surface area contributed by atoms with Crippen LogP contribution in [0.5, 0.6) is 0 Å². The number of ether oxygens (including phenoxy) is 1. The van der Waals surface area contributed by atoms with Crippen molar-refractivity contribution < 1.29 is 9.53 Å². The first-order valence-electron chi connectivity index (χ1n) is 3.53. The molecule has 1 aromatic rings. The second-order valence-corrected chi connectivity index (χ2v) is 3.16. The molecule has 0 aromatic carbocycles. The first kappa shape index (κ1) is 9.68. The molecule has 0 atom stereocenters. The summed E-state index contributed by atoms with van der Waals surface area (Å²) in [4.78, 5) is 14.6. The fraction of sp³-hybridized carbons (Fsp3) is 0.250. The van der Waals surface area contributed by atoms with Crippen LogP contribution in [-0.2, 0) is 4.74 Å². The largest absolute Gasteiger partial charge is 0.464 e. The fourth-order valence-corrected chi connectivity index (χ4v) is 1.42. The Morgan fingerprint density at radius 1 is 1.77 bits per heavy atom. The number of methoxy groups -OCH3 is 1. The molecule has 0 radical (unpaired) electrons. The van der Waals surface area contributed by atoms with E-state index in [1.54, 1.807) is 13.1 Å². The topological polar surface area (TPSA) is 65.9 Å². The summed E-state index contributed by atoms with van der Waals surface area (Å²) in [5, 5.41) is 10.4. The minimum absolute atomic E-state index is 0.403. The number of aromatic amines is 1. The van der Waals surface area contributed by atoms with E-state index in [9.17, 15) is 4.79 Å². The first-order valence-corrected chi connectivity index (χ1v) is 4.34. The van der Waals surface area contributed by atoms with E-state index in [1.807, 2.05) is 5.40 Å². The zero-order chi connectivity index (χ0) is 9.84. The van der Waals surface area contributed by atoms with Gasteiger partial charge in [-0.05, 0) is 24.2 Å². The van der Waals surface area contributed by atoms with Gasteiger partial charge in [0.05, 0.1) is 7.11 Å². The summed E-state index contributed by atoms with van der Waals surface area (Å²) in [6.45, 7) is 1.77. The predicted octanol–water partition coefficient (Wildman–Crippen LogP) is 1.68. The molecule has 4 nitrogen and oxygen atoms in total. The molecule has 0 aliphatic heterocycles. The molecule has 0 fully saturated rings. The van der Waals surface area contributed by atoms with E-state index in [4.69, 9.17) is 5.26 Å². The van der Waals surface area contributed by atoms with Gasteiger partial charge in [-0.15, -0.1) is 0 Å². The van der Waals surface area contributed by atoms with Crippen molar-refractivity contribution in [2.45, 2.75) is 11.8 Å². The number of H-pyrrole nitrogens is 1. The maximum Gasteiger partial charge on any atom is 0.354 e. The number of thiocyanates is 1. The summed E-state index contributed by atoms with van der Waals surface area (Å²) in [6.07, 6.45) is 1.62. The van der Waals surface area contributed by atoms with Crippen LogP contribution in [0.4, 0.5) is 0 Å². The van der Waals surface area contributed by atoms with Crippen molar-refractivity contribution in [1.29, 1.82) is 5.26 Å². The van der Waals surface area contributed by atoms with Crippen molar-refractivity contribution >= 4 is 17.7 Å². The second kappa shape index (κ2) is 4.01. The lowest BCUT2D eigenvalue weighted by atomic mass is 10.3. The van der Waals surface area contributed by atoms with Gasteiger partial charge in [0.25, 0.3) is 0 Å². The van der Waals surface area contributed by atoms with Crippen molar-refractivity contribution in [3.63, 3.8) is 0 Å². The van der Waals surface area contributed by atoms with Crippen molar-refractivity contribution in [1.82, 2.24) is 4.98 Å². The van der Waals surface area contributed by atoms with Gasteiger partial charge >= 0.3 is 5.97 Å². The molecular weight excluding hydrogens is 188 g/mol. The van der Waals surface area contributed by atoms with Gasteiger partial charge in [0, 0.05) is 11.1 Å².